The van der Waals surface area contributed by atoms with Gasteiger partial charge in [-0.25, -0.2) is 9.79 Å². The Labute approximate surface area is 88.1 Å². The third kappa shape index (κ3) is 3.34. The summed E-state index contributed by atoms with van der Waals surface area (Å²) in [6.07, 6.45) is -1.02. The first kappa shape index (κ1) is 12.2. The zero-order chi connectivity index (χ0) is 12.2. The van der Waals surface area contributed by atoms with Crippen molar-refractivity contribution in [1.82, 2.24) is 0 Å². The Morgan fingerprint density at radius 2 is 2.19 bits per heavy atom. The number of hydrogen-bond acceptors (Lipinski definition) is 4. The van der Waals surface area contributed by atoms with Crippen LogP contribution < -0.4 is 0 Å². The fourth-order valence-electron chi connectivity index (χ4n) is 0.880. The molecule has 0 saturated heterocycles. The predicted molar refractivity (Wildman–Crippen MR) is 47.5 cm³/mol. The van der Waals surface area contributed by atoms with Crippen molar-refractivity contribution in [3.05, 3.63) is 23.9 Å². The van der Waals surface area contributed by atoms with Crippen molar-refractivity contribution in [2.45, 2.75) is 12.6 Å². The van der Waals surface area contributed by atoms with Crippen LogP contribution in [-0.2, 0) is 14.3 Å². The molecule has 0 aromatic rings. The average Bonchev–Trinajstić information content (AvgIpc) is 2.41. The number of ether oxygens (including phenoxy) is 1. The van der Waals surface area contributed by atoms with Crippen molar-refractivity contribution in [2.75, 3.05) is 0 Å². The molecule has 1 aliphatic rings. The van der Waals surface area contributed by atoms with E-state index in [9.17, 15) is 22.8 Å². The topological polar surface area (TPSA) is 55.7 Å². The third-order valence-corrected chi connectivity index (χ3v) is 1.56. The van der Waals surface area contributed by atoms with Gasteiger partial charge in [0.2, 0.25) is 5.90 Å². The number of halogens is 3. The maximum atomic E-state index is 11.9. The fourth-order valence-corrected chi connectivity index (χ4v) is 0.880. The van der Waals surface area contributed by atoms with Crippen molar-refractivity contribution < 1.29 is 27.5 Å². The fraction of sp³-hybridized carbons (Fsp3) is 0.222. The molecule has 1 aliphatic heterocycles. The first-order chi connectivity index (χ1) is 7.43. The van der Waals surface area contributed by atoms with Crippen LogP contribution in [0.5, 0.6) is 0 Å². The molecule has 0 N–H and O–H groups in total. The molecule has 0 unspecified atom stereocenters. The van der Waals surface area contributed by atoms with Crippen molar-refractivity contribution in [1.29, 1.82) is 0 Å². The summed E-state index contributed by atoms with van der Waals surface area (Å²) in [5.74, 6) is -2.82. The number of allylic oxidation sites excluding steroid dienone is 2. The number of hydrogen-bond donors (Lipinski definition) is 0. The Kier molecular flexibility index (Phi) is 3.60. The zero-order valence-electron chi connectivity index (χ0n) is 7.82. The van der Waals surface area contributed by atoms with Gasteiger partial charge in [0.1, 0.15) is 6.29 Å². The van der Waals surface area contributed by atoms with Gasteiger partial charge < -0.3 is 4.74 Å². The first-order valence-corrected chi connectivity index (χ1v) is 4.10. The zero-order valence-corrected chi connectivity index (χ0v) is 7.82. The van der Waals surface area contributed by atoms with E-state index in [1.807, 2.05) is 0 Å². The highest BCUT2D eigenvalue weighted by atomic mass is 19.4. The van der Waals surface area contributed by atoms with Gasteiger partial charge in [-0.05, 0) is 6.08 Å². The van der Waals surface area contributed by atoms with Crippen LogP contribution in [0.2, 0.25) is 0 Å². The van der Waals surface area contributed by atoms with E-state index >= 15 is 0 Å². The number of nitrogens with zero attached hydrogens (tertiary/aromatic N) is 1. The minimum absolute atomic E-state index is 0.169. The van der Waals surface area contributed by atoms with E-state index in [1.54, 1.807) is 0 Å². The second kappa shape index (κ2) is 4.73. The molecule has 0 bridgehead atoms. The number of rotatable bonds is 1. The Morgan fingerprint density at radius 3 is 2.75 bits per heavy atom. The monoisotopic (exact) mass is 233 g/mol. The molecule has 16 heavy (non-hydrogen) atoms. The first-order valence-electron chi connectivity index (χ1n) is 4.10. The van der Waals surface area contributed by atoms with Gasteiger partial charge in [-0.3, -0.25) is 4.79 Å². The maximum absolute atomic E-state index is 11.9. The quantitative estimate of drug-likeness (QED) is 0.509. The highest BCUT2D eigenvalue weighted by Crippen LogP contribution is 2.18. The van der Waals surface area contributed by atoms with E-state index in [1.165, 1.54) is 12.2 Å². The van der Waals surface area contributed by atoms with Crippen LogP contribution in [0.4, 0.5) is 13.2 Å². The summed E-state index contributed by atoms with van der Waals surface area (Å²) >= 11 is 0. The van der Waals surface area contributed by atoms with Gasteiger partial charge in [0.05, 0.1) is 6.42 Å². The van der Waals surface area contributed by atoms with Gasteiger partial charge >= 0.3 is 12.1 Å². The van der Waals surface area contributed by atoms with Gasteiger partial charge in [-0.1, -0.05) is 6.08 Å². The maximum Gasteiger partial charge on any atom is 0.491 e. The van der Waals surface area contributed by atoms with Crippen molar-refractivity contribution >= 4 is 18.2 Å². The Hall–Kier alpha value is -1.92. The number of esters is 1. The molecular formula is C9H6F3NO3. The SMILES string of the molecule is O=CC1=CC=CN=C(OC(=O)C(F)(F)F)C1. The second-order valence-corrected chi connectivity index (χ2v) is 2.79. The molecule has 0 fully saturated rings. The lowest BCUT2D eigenvalue weighted by molar-refractivity contribution is -0.191. The highest BCUT2D eigenvalue weighted by Gasteiger charge is 2.42. The van der Waals surface area contributed by atoms with Gasteiger partial charge in [0.25, 0.3) is 0 Å². The third-order valence-electron chi connectivity index (χ3n) is 1.56. The minimum Gasteiger partial charge on any atom is -0.405 e. The lowest BCUT2D eigenvalue weighted by Gasteiger charge is -2.07. The van der Waals surface area contributed by atoms with Crippen molar-refractivity contribution in [2.24, 2.45) is 4.99 Å². The van der Waals surface area contributed by atoms with Crippen LogP contribution in [0.1, 0.15) is 6.42 Å². The smallest absolute Gasteiger partial charge is 0.405 e. The highest BCUT2D eigenvalue weighted by molar-refractivity contribution is 5.95. The van der Waals surface area contributed by atoms with Gasteiger partial charge in [-0.15, -0.1) is 0 Å². The van der Waals surface area contributed by atoms with Gasteiger partial charge in [-0.2, -0.15) is 13.2 Å². The lowest BCUT2D eigenvalue weighted by Crippen LogP contribution is -2.28. The van der Waals surface area contributed by atoms with E-state index in [4.69, 9.17) is 0 Å². The van der Waals surface area contributed by atoms with Crippen LogP contribution in [-0.4, -0.2) is 24.3 Å². The molecule has 1 heterocycles. The molecule has 0 atom stereocenters. The summed E-state index contributed by atoms with van der Waals surface area (Å²) in [4.78, 5) is 24.4. The van der Waals surface area contributed by atoms with Crippen molar-refractivity contribution in [3.63, 3.8) is 0 Å². The molecule has 0 aromatic heterocycles. The molecule has 0 aromatic carbocycles. The summed E-state index contributed by atoms with van der Waals surface area (Å²) in [6, 6.07) is 0. The summed E-state index contributed by atoms with van der Waals surface area (Å²) < 4.78 is 39.6. The molecule has 7 heteroatoms. The standard InChI is InChI=1S/C9H6F3NO3/c10-9(11,12)8(15)16-7-4-6(5-14)2-1-3-13-7/h1-3,5H,4H2. The van der Waals surface area contributed by atoms with Crippen molar-refractivity contribution in [3.8, 4) is 0 Å². The van der Waals surface area contributed by atoms with E-state index < -0.39 is 18.0 Å². The summed E-state index contributed by atoms with van der Waals surface area (Å²) in [7, 11) is 0. The molecule has 86 valence electrons. The van der Waals surface area contributed by atoms with E-state index in [0.29, 0.717) is 6.29 Å². The average molecular weight is 233 g/mol. The summed E-state index contributed by atoms with van der Waals surface area (Å²) in [5.41, 5.74) is 0.169. The molecule has 0 saturated carbocycles. The number of aliphatic imine (C=N–C) groups is 1. The molecule has 0 radical (unpaired) electrons. The molecular weight excluding hydrogens is 227 g/mol. The van der Waals surface area contributed by atoms with Crippen LogP contribution in [0, 0.1) is 0 Å². The minimum atomic E-state index is -5.08. The largest absolute Gasteiger partial charge is 0.491 e. The Morgan fingerprint density at radius 1 is 1.50 bits per heavy atom. The molecule has 1 rings (SSSR count). The normalized spacial score (nSPS) is 15.9. The Bertz CT molecular complexity index is 393. The molecule has 0 spiro atoms. The molecule has 4 nitrogen and oxygen atoms in total. The lowest BCUT2D eigenvalue weighted by atomic mass is 10.2. The molecule has 0 aliphatic carbocycles. The van der Waals surface area contributed by atoms with Crippen LogP contribution in [0.25, 0.3) is 0 Å². The molecule has 0 amide bonds. The Balaban J connectivity index is 2.73. The van der Waals surface area contributed by atoms with Gasteiger partial charge in [0.15, 0.2) is 0 Å². The number of carbonyl (C=O) groups is 2. The predicted octanol–water partition coefficient (Wildman–Crippen LogP) is 1.53. The summed E-state index contributed by atoms with van der Waals surface area (Å²) in [5, 5.41) is 0. The number of alkyl halides is 3. The van der Waals surface area contributed by atoms with E-state index in [2.05, 4.69) is 9.73 Å². The van der Waals surface area contributed by atoms with Crippen LogP contribution in [0.3, 0.4) is 0 Å². The van der Waals surface area contributed by atoms with Crippen LogP contribution >= 0.6 is 0 Å². The second-order valence-electron chi connectivity index (χ2n) is 2.79. The van der Waals surface area contributed by atoms with Crippen LogP contribution in [0.15, 0.2) is 28.9 Å². The summed E-state index contributed by atoms with van der Waals surface area (Å²) in [6.45, 7) is 0. The van der Waals surface area contributed by atoms with E-state index in [-0.39, 0.29) is 12.0 Å². The van der Waals surface area contributed by atoms with E-state index in [0.717, 1.165) is 6.20 Å². The number of carbonyl (C=O) groups excluding carboxylic acids is 2. The van der Waals surface area contributed by atoms with Gasteiger partial charge in [0, 0.05) is 11.8 Å². The number of aldehydes is 1.